The van der Waals surface area contributed by atoms with Gasteiger partial charge in [-0.25, -0.2) is 0 Å². The van der Waals surface area contributed by atoms with Crippen molar-refractivity contribution in [2.45, 2.75) is 0 Å². The Hall–Kier alpha value is -2.09. The average Bonchev–Trinajstić information content (AvgIpc) is 2.64. The predicted molar refractivity (Wildman–Crippen MR) is 64.9 cm³/mol. The smallest absolute Gasteiger partial charge is 0.194 e. The molecule has 0 aromatic heterocycles. The molecule has 0 heterocycles. The largest absolute Gasteiger partial charge is 0.388 e. The van der Waals surface area contributed by atoms with Crippen LogP contribution in [-0.2, 0) is 0 Å². The normalized spacial score (nSPS) is 12.2. The van der Waals surface area contributed by atoms with Crippen molar-refractivity contribution < 1.29 is 4.79 Å². The van der Waals surface area contributed by atoms with E-state index in [0.717, 1.165) is 27.9 Å². The third kappa shape index (κ3) is 1.04. The molecule has 0 saturated heterocycles. The summed E-state index contributed by atoms with van der Waals surface area (Å²) in [7, 11) is 1.88. The molecule has 0 bridgehead atoms. The Balaban J connectivity index is 2.39. The van der Waals surface area contributed by atoms with Crippen LogP contribution in [0, 0.1) is 0 Å². The molecule has 0 spiro atoms. The fourth-order valence-corrected chi connectivity index (χ4v) is 2.28. The number of carbonyl (C=O) groups excluding carboxylic acids is 1. The lowest BCUT2D eigenvalue weighted by molar-refractivity contribution is 0.104. The molecule has 0 saturated carbocycles. The van der Waals surface area contributed by atoms with Gasteiger partial charge >= 0.3 is 0 Å². The molecule has 2 heteroatoms. The second kappa shape index (κ2) is 3.20. The second-order valence-electron chi connectivity index (χ2n) is 3.85. The summed E-state index contributed by atoms with van der Waals surface area (Å²) >= 11 is 0. The maximum Gasteiger partial charge on any atom is 0.194 e. The first-order valence-corrected chi connectivity index (χ1v) is 5.28. The highest BCUT2D eigenvalue weighted by Gasteiger charge is 2.27. The van der Waals surface area contributed by atoms with Crippen LogP contribution in [0.3, 0.4) is 0 Å². The van der Waals surface area contributed by atoms with Gasteiger partial charge in [-0.2, -0.15) is 0 Å². The number of fused-ring (bicyclic) bond motifs is 3. The van der Waals surface area contributed by atoms with Gasteiger partial charge in [-0.3, -0.25) is 4.79 Å². The van der Waals surface area contributed by atoms with Crippen molar-refractivity contribution in [3.63, 3.8) is 0 Å². The minimum absolute atomic E-state index is 0.128. The van der Waals surface area contributed by atoms with Crippen LogP contribution in [0.1, 0.15) is 15.9 Å². The fourth-order valence-electron chi connectivity index (χ4n) is 2.28. The van der Waals surface area contributed by atoms with Crippen molar-refractivity contribution in [3.8, 4) is 11.1 Å². The van der Waals surface area contributed by atoms with E-state index in [2.05, 4.69) is 5.32 Å². The number of benzene rings is 2. The molecule has 0 atom stereocenters. The summed E-state index contributed by atoms with van der Waals surface area (Å²) in [5, 5.41) is 3.14. The van der Waals surface area contributed by atoms with Gasteiger partial charge in [0.25, 0.3) is 0 Å². The number of hydrogen-bond acceptors (Lipinski definition) is 2. The van der Waals surface area contributed by atoms with E-state index in [1.807, 2.05) is 49.5 Å². The van der Waals surface area contributed by atoms with E-state index in [1.54, 1.807) is 0 Å². The Morgan fingerprint density at radius 3 is 2.31 bits per heavy atom. The lowest BCUT2D eigenvalue weighted by Gasteiger charge is -2.07. The molecule has 1 N–H and O–H groups in total. The van der Waals surface area contributed by atoms with Gasteiger partial charge in [0.15, 0.2) is 5.78 Å². The minimum Gasteiger partial charge on any atom is -0.388 e. The zero-order valence-electron chi connectivity index (χ0n) is 8.95. The van der Waals surface area contributed by atoms with Crippen molar-refractivity contribution in [2.24, 2.45) is 0 Å². The van der Waals surface area contributed by atoms with E-state index in [4.69, 9.17) is 0 Å². The predicted octanol–water partition coefficient (Wildman–Crippen LogP) is 2.94. The molecule has 0 radical (unpaired) electrons. The van der Waals surface area contributed by atoms with E-state index in [-0.39, 0.29) is 5.78 Å². The standard InChI is InChI=1S/C14H11NO/c1-15-12-8-4-7-11-13(12)9-5-2-3-6-10(9)14(11)16/h2-8,15H,1H3. The van der Waals surface area contributed by atoms with Crippen LogP contribution in [0.25, 0.3) is 11.1 Å². The van der Waals surface area contributed by atoms with Crippen molar-refractivity contribution in [3.05, 3.63) is 53.6 Å². The number of anilines is 1. The summed E-state index contributed by atoms with van der Waals surface area (Å²) in [6.07, 6.45) is 0. The Kier molecular flexibility index (Phi) is 1.83. The maximum atomic E-state index is 12.1. The molecule has 0 amide bonds. The summed E-state index contributed by atoms with van der Waals surface area (Å²) in [6.45, 7) is 0. The summed E-state index contributed by atoms with van der Waals surface area (Å²) in [6, 6.07) is 13.5. The molecular formula is C14H11NO. The number of nitrogens with one attached hydrogen (secondary N) is 1. The third-order valence-electron chi connectivity index (χ3n) is 3.02. The third-order valence-corrected chi connectivity index (χ3v) is 3.02. The van der Waals surface area contributed by atoms with Crippen molar-refractivity contribution >= 4 is 11.5 Å². The Morgan fingerprint density at radius 2 is 1.56 bits per heavy atom. The maximum absolute atomic E-state index is 12.1. The lowest BCUT2D eigenvalue weighted by Crippen LogP contribution is -1.95. The van der Waals surface area contributed by atoms with Crippen LogP contribution >= 0.6 is 0 Å². The number of hydrogen-bond donors (Lipinski definition) is 1. The zero-order valence-corrected chi connectivity index (χ0v) is 8.95. The van der Waals surface area contributed by atoms with E-state index in [0.29, 0.717) is 0 Å². The minimum atomic E-state index is 0.128. The highest BCUT2D eigenvalue weighted by molar-refractivity contribution is 6.23. The Bertz CT molecular complexity index is 587. The second-order valence-corrected chi connectivity index (χ2v) is 3.85. The summed E-state index contributed by atoms with van der Waals surface area (Å²) in [5.74, 6) is 0.128. The molecule has 0 unspecified atom stereocenters. The molecule has 0 fully saturated rings. The average molecular weight is 209 g/mol. The quantitative estimate of drug-likeness (QED) is 0.667. The van der Waals surface area contributed by atoms with E-state index in [9.17, 15) is 4.79 Å². The van der Waals surface area contributed by atoms with Gasteiger partial charge in [0.1, 0.15) is 0 Å². The molecule has 16 heavy (non-hydrogen) atoms. The van der Waals surface area contributed by atoms with Crippen molar-refractivity contribution in [2.75, 3.05) is 12.4 Å². The molecular weight excluding hydrogens is 198 g/mol. The van der Waals surface area contributed by atoms with E-state index in [1.165, 1.54) is 0 Å². The highest BCUT2D eigenvalue weighted by atomic mass is 16.1. The lowest BCUT2D eigenvalue weighted by atomic mass is 10.0. The topological polar surface area (TPSA) is 29.1 Å². The summed E-state index contributed by atoms with van der Waals surface area (Å²) < 4.78 is 0. The first kappa shape index (κ1) is 9.16. The first-order chi connectivity index (χ1) is 7.83. The van der Waals surface area contributed by atoms with Crippen LogP contribution in [0.5, 0.6) is 0 Å². The molecule has 2 aromatic carbocycles. The van der Waals surface area contributed by atoms with Gasteiger partial charge in [0.05, 0.1) is 0 Å². The van der Waals surface area contributed by atoms with Crippen molar-refractivity contribution in [1.82, 2.24) is 0 Å². The molecule has 1 aliphatic rings. The monoisotopic (exact) mass is 209 g/mol. The van der Waals surface area contributed by atoms with Crippen LogP contribution in [0.15, 0.2) is 42.5 Å². The van der Waals surface area contributed by atoms with Gasteiger partial charge in [-0.05, 0) is 11.6 Å². The Morgan fingerprint density at radius 1 is 0.875 bits per heavy atom. The van der Waals surface area contributed by atoms with Gasteiger partial charge < -0.3 is 5.32 Å². The fraction of sp³-hybridized carbons (Fsp3) is 0.0714. The molecule has 2 nitrogen and oxygen atoms in total. The molecule has 1 aliphatic carbocycles. The summed E-state index contributed by atoms with van der Waals surface area (Å²) in [5.41, 5.74) is 4.68. The van der Waals surface area contributed by atoms with Crippen LogP contribution in [0.2, 0.25) is 0 Å². The Labute approximate surface area is 93.9 Å². The molecule has 78 valence electrons. The van der Waals surface area contributed by atoms with Crippen LogP contribution in [-0.4, -0.2) is 12.8 Å². The zero-order chi connectivity index (χ0) is 11.1. The summed E-state index contributed by atoms with van der Waals surface area (Å²) in [4.78, 5) is 12.1. The number of rotatable bonds is 1. The molecule has 2 aromatic rings. The molecule has 0 aliphatic heterocycles. The SMILES string of the molecule is CNc1cccc2c1-c1ccccc1C2=O. The molecule has 3 rings (SSSR count). The van der Waals surface area contributed by atoms with Gasteiger partial charge in [-0.1, -0.05) is 36.4 Å². The number of ketones is 1. The van der Waals surface area contributed by atoms with Crippen LogP contribution < -0.4 is 5.32 Å². The van der Waals surface area contributed by atoms with E-state index < -0.39 is 0 Å². The highest BCUT2D eigenvalue weighted by Crippen LogP contribution is 2.40. The first-order valence-electron chi connectivity index (χ1n) is 5.28. The van der Waals surface area contributed by atoms with Gasteiger partial charge in [-0.15, -0.1) is 0 Å². The van der Waals surface area contributed by atoms with Gasteiger partial charge in [0.2, 0.25) is 0 Å². The number of carbonyl (C=O) groups is 1. The van der Waals surface area contributed by atoms with Crippen molar-refractivity contribution in [1.29, 1.82) is 0 Å². The van der Waals surface area contributed by atoms with E-state index >= 15 is 0 Å². The van der Waals surface area contributed by atoms with Crippen LogP contribution in [0.4, 0.5) is 5.69 Å². The van der Waals surface area contributed by atoms with Gasteiger partial charge in [0, 0.05) is 29.4 Å².